The molecule has 1 unspecified atom stereocenters. The normalized spacial score (nSPS) is 12.9. The van der Waals surface area contributed by atoms with Crippen LogP contribution in [-0.4, -0.2) is 37.4 Å². The zero-order valence-electron chi connectivity index (χ0n) is 10.8. The third-order valence-corrected chi connectivity index (χ3v) is 3.04. The van der Waals surface area contributed by atoms with Crippen LogP contribution in [0.1, 0.15) is 33.1 Å². The molecule has 0 aliphatic carbocycles. The summed E-state index contributed by atoms with van der Waals surface area (Å²) >= 11 is 0. The maximum atomic E-state index is 12.0. The van der Waals surface area contributed by atoms with Gasteiger partial charge in [0.1, 0.15) is 5.41 Å². The first-order chi connectivity index (χ1) is 8.10. The average molecular weight is 242 g/mol. The van der Waals surface area contributed by atoms with Crippen molar-refractivity contribution in [1.82, 2.24) is 5.32 Å². The third kappa shape index (κ3) is 4.33. The van der Waals surface area contributed by atoms with Crippen LogP contribution >= 0.6 is 0 Å². The van der Waals surface area contributed by atoms with E-state index < -0.39 is 5.41 Å². The summed E-state index contributed by atoms with van der Waals surface area (Å²) in [5.74, 6) is -0.277. The Morgan fingerprint density at radius 3 is 2.47 bits per heavy atom. The molecule has 0 aromatic carbocycles. The Labute approximate surface area is 103 Å². The first-order valence-electron chi connectivity index (χ1n) is 5.92. The number of amides is 1. The van der Waals surface area contributed by atoms with Crippen LogP contribution in [0.3, 0.4) is 0 Å². The largest absolute Gasteiger partial charge is 0.396 e. The van der Waals surface area contributed by atoms with Gasteiger partial charge in [-0.25, -0.2) is 0 Å². The van der Waals surface area contributed by atoms with Crippen molar-refractivity contribution < 1.29 is 14.6 Å². The molecule has 0 bridgehead atoms. The van der Waals surface area contributed by atoms with E-state index in [0.29, 0.717) is 25.9 Å². The number of hydrogen-bond donors (Lipinski definition) is 2. The van der Waals surface area contributed by atoms with Crippen molar-refractivity contribution in [2.75, 3.05) is 20.3 Å². The van der Waals surface area contributed by atoms with Crippen molar-refractivity contribution in [3.8, 4) is 6.07 Å². The zero-order chi connectivity index (χ0) is 13.3. The number of carbonyl (C=O) groups is 1. The smallest absolute Gasteiger partial charge is 0.240 e. The van der Waals surface area contributed by atoms with Gasteiger partial charge in [0, 0.05) is 13.7 Å². The van der Waals surface area contributed by atoms with Gasteiger partial charge in [0.25, 0.3) is 0 Å². The number of carbonyl (C=O) groups excluding carboxylic acids is 1. The quantitative estimate of drug-likeness (QED) is 0.660. The molecule has 0 saturated heterocycles. The summed E-state index contributed by atoms with van der Waals surface area (Å²) in [6.45, 7) is 3.96. The fourth-order valence-corrected chi connectivity index (χ4v) is 1.66. The lowest BCUT2D eigenvalue weighted by Crippen LogP contribution is -2.46. The van der Waals surface area contributed by atoms with E-state index in [0.717, 1.165) is 0 Å². The Morgan fingerprint density at radius 1 is 1.53 bits per heavy atom. The highest BCUT2D eigenvalue weighted by Crippen LogP contribution is 2.25. The number of nitrogens with one attached hydrogen (secondary N) is 1. The van der Waals surface area contributed by atoms with Crippen LogP contribution in [0.2, 0.25) is 0 Å². The molecular weight excluding hydrogens is 220 g/mol. The van der Waals surface area contributed by atoms with Crippen molar-refractivity contribution in [3.63, 3.8) is 0 Å². The van der Waals surface area contributed by atoms with Crippen molar-refractivity contribution in [2.24, 2.45) is 5.41 Å². The topological polar surface area (TPSA) is 82.4 Å². The lowest BCUT2D eigenvalue weighted by Gasteiger charge is -2.26. The second-order valence-electron chi connectivity index (χ2n) is 4.04. The first-order valence-corrected chi connectivity index (χ1v) is 5.92. The predicted molar refractivity (Wildman–Crippen MR) is 64.1 cm³/mol. The standard InChI is InChI=1S/C12H22N2O3/c1-4-12(5-2,9-13)11(16)14-10(6-7-15)8-17-3/h10,15H,4-8H2,1-3H3,(H,14,16). The monoisotopic (exact) mass is 242 g/mol. The van der Waals surface area contributed by atoms with Gasteiger partial charge < -0.3 is 15.2 Å². The number of aliphatic hydroxyl groups excluding tert-OH is 1. The van der Waals surface area contributed by atoms with E-state index >= 15 is 0 Å². The fraction of sp³-hybridized carbons (Fsp3) is 0.833. The summed E-state index contributed by atoms with van der Waals surface area (Å²) in [4.78, 5) is 12.0. The van der Waals surface area contributed by atoms with Gasteiger partial charge in [-0.2, -0.15) is 5.26 Å². The molecule has 0 heterocycles. The maximum absolute atomic E-state index is 12.0. The molecular formula is C12H22N2O3. The zero-order valence-corrected chi connectivity index (χ0v) is 10.8. The van der Waals surface area contributed by atoms with Crippen LogP contribution in [0.5, 0.6) is 0 Å². The highest BCUT2D eigenvalue weighted by Gasteiger charge is 2.35. The van der Waals surface area contributed by atoms with Gasteiger partial charge in [-0.15, -0.1) is 0 Å². The van der Waals surface area contributed by atoms with Crippen LogP contribution in [0.25, 0.3) is 0 Å². The van der Waals surface area contributed by atoms with Crippen LogP contribution in [0.15, 0.2) is 0 Å². The number of ether oxygens (including phenoxy) is 1. The number of hydrogen-bond acceptors (Lipinski definition) is 4. The molecule has 98 valence electrons. The van der Waals surface area contributed by atoms with Gasteiger partial charge in [-0.3, -0.25) is 4.79 Å². The highest BCUT2D eigenvalue weighted by atomic mass is 16.5. The molecule has 0 spiro atoms. The molecule has 0 fully saturated rings. The van der Waals surface area contributed by atoms with Gasteiger partial charge in [-0.05, 0) is 19.3 Å². The summed E-state index contributed by atoms with van der Waals surface area (Å²) < 4.78 is 4.96. The van der Waals surface area contributed by atoms with Gasteiger partial charge >= 0.3 is 0 Å². The summed E-state index contributed by atoms with van der Waals surface area (Å²) in [5, 5.41) is 20.8. The van der Waals surface area contributed by atoms with E-state index in [1.807, 2.05) is 13.8 Å². The van der Waals surface area contributed by atoms with Crippen LogP contribution in [0, 0.1) is 16.7 Å². The van der Waals surface area contributed by atoms with Gasteiger partial charge in [0.05, 0.1) is 18.7 Å². The fourth-order valence-electron chi connectivity index (χ4n) is 1.66. The maximum Gasteiger partial charge on any atom is 0.240 e. The van der Waals surface area contributed by atoms with Crippen LogP contribution < -0.4 is 5.32 Å². The minimum Gasteiger partial charge on any atom is -0.396 e. The lowest BCUT2D eigenvalue weighted by atomic mass is 9.83. The second kappa shape index (κ2) is 8.04. The molecule has 0 radical (unpaired) electrons. The predicted octanol–water partition coefficient (Wildman–Crippen LogP) is 0.830. The van der Waals surface area contributed by atoms with E-state index in [-0.39, 0.29) is 18.6 Å². The molecule has 17 heavy (non-hydrogen) atoms. The second-order valence-corrected chi connectivity index (χ2v) is 4.04. The number of methoxy groups -OCH3 is 1. The molecule has 0 aromatic heterocycles. The Morgan fingerprint density at radius 2 is 2.12 bits per heavy atom. The van der Waals surface area contributed by atoms with E-state index in [1.165, 1.54) is 7.11 Å². The van der Waals surface area contributed by atoms with E-state index in [4.69, 9.17) is 15.1 Å². The molecule has 0 aromatic rings. The Kier molecular flexibility index (Phi) is 7.51. The number of aliphatic hydroxyl groups is 1. The third-order valence-electron chi connectivity index (χ3n) is 3.04. The van der Waals surface area contributed by atoms with Crippen molar-refractivity contribution in [2.45, 2.75) is 39.2 Å². The summed E-state index contributed by atoms with van der Waals surface area (Å²) in [5.41, 5.74) is -0.971. The van der Waals surface area contributed by atoms with Crippen molar-refractivity contribution >= 4 is 5.91 Å². The highest BCUT2D eigenvalue weighted by molar-refractivity contribution is 5.85. The molecule has 0 rings (SSSR count). The van der Waals surface area contributed by atoms with Crippen molar-refractivity contribution in [3.05, 3.63) is 0 Å². The van der Waals surface area contributed by atoms with Crippen LogP contribution in [0.4, 0.5) is 0 Å². The minimum absolute atomic E-state index is 0.0217. The molecule has 0 aliphatic heterocycles. The Bertz CT molecular complexity index is 263. The van der Waals surface area contributed by atoms with Gasteiger partial charge in [-0.1, -0.05) is 13.8 Å². The summed E-state index contributed by atoms with van der Waals surface area (Å²) in [6, 6.07) is 1.84. The van der Waals surface area contributed by atoms with Crippen LogP contribution in [-0.2, 0) is 9.53 Å². The average Bonchev–Trinajstić information content (AvgIpc) is 2.32. The Balaban J connectivity index is 4.62. The molecule has 5 nitrogen and oxygen atoms in total. The SMILES string of the molecule is CCC(C#N)(CC)C(=O)NC(CCO)COC. The van der Waals surface area contributed by atoms with Crippen molar-refractivity contribution in [1.29, 1.82) is 5.26 Å². The molecule has 1 amide bonds. The van der Waals surface area contributed by atoms with E-state index in [9.17, 15) is 4.79 Å². The summed E-state index contributed by atoms with van der Waals surface area (Å²) in [6.07, 6.45) is 1.38. The van der Waals surface area contributed by atoms with Gasteiger partial charge in [0.2, 0.25) is 5.91 Å². The number of nitrogens with zero attached hydrogens (tertiary/aromatic N) is 1. The summed E-state index contributed by atoms with van der Waals surface area (Å²) in [7, 11) is 1.54. The molecule has 2 N–H and O–H groups in total. The molecule has 0 aliphatic rings. The molecule has 5 heteroatoms. The first kappa shape index (κ1) is 15.9. The van der Waals surface area contributed by atoms with Gasteiger partial charge in [0.15, 0.2) is 0 Å². The molecule has 1 atom stereocenters. The number of nitriles is 1. The molecule has 0 saturated carbocycles. The minimum atomic E-state index is -0.971. The number of rotatable bonds is 8. The van der Waals surface area contributed by atoms with E-state index in [2.05, 4.69) is 11.4 Å². The van der Waals surface area contributed by atoms with E-state index in [1.54, 1.807) is 0 Å². The Hall–Kier alpha value is -1.12. The lowest BCUT2D eigenvalue weighted by molar-refractivity contribution is -0.129.